The SMILES string of the molecule is Cc1cc(C)cc(Oc2ccc(N3C(=O)[C@@H]4CC=CC[C@H]4C3=O)cc2)c1. The van der Waals surface area contributed by atoms with Crippen LogP contribution < -0.4 is 9.64 Å². The van der Waals surface area contributed by atoms with Gasteiger partial charge in [0, 0.05) is 0 Å². The summed E-state index contributed by atoms with van der Waals surface area (Å²) in [5.41, 5.74) is 2.89. The Hall–Kier alpha value is -2.88. The summed E-state index contributed by atoms with van der Waals surface area (Å²) in [7, 11) is 0. The Balaban J connectivity index is 1.54. The number of carbonyl (C=O) groups is 2. The van der Waals surface area contributed by atoms with Gasteiger partial charge in [-0.05, 0) is 74.2 Å². The third-order valence-corrected chi connectivity index (χ3v) is 5.03. The molecular weight excluding hydrogens is 326 g/mol. The molecule has 4 rings (SSSR count). The normalized spacial score (nSPS) is 21.8. The number of anilines is 1. The first-order valence-corrected chi connectivity index (χ1v) is 8.92. The van der Waals surface area contributed by atoms with Gasteiger partial charge >= 0.3 is 0 Å². The molecular formula is C22H21NO3. The molecule has 132 valence electrons. The molecule has 0 aromatic heterocycles. The monoisotopic (exact) mass is 347 g/mol. The molecule has 2 atom stereocenters. The van der Waals surface area contributed by atoms with Crippen molar-refractivity contribution in [2.75, 3.05) is 4.90 Å². The van der Waals surface area contributed by atoms with Crippen LogP contribution in [0.1, 0.15) is 24.0 Å². The van der Waals surface area contributed by atoms with Crippen LogP contribution in [0.2, 0.25) is 0 Å². The molecule has 1 aliphatic carbocycles. The van der Waals surface area contributed by atoms with E-state index in [1.807, 2.05) is 38.1 Å². The van der Waals surface area contributed by atoms with E-state index in [1.54, 1.807) is 24.3 Å². The molecule has 2 aromatic carbocycles. The van der Waals surface area contributed by atoms with Crippen molar-refractivity contribution in [3.05, 3.63) is 65.7 Å². The number of imide groups is 1. The summed E-state index contributed by atoms with van der Waals surface area (Å²) in [5.74, 6) is 0.856. The number of nitrogens with zero attached hydrogens (tertiary/aromatic N) is 1. The van der Waals surface area contributed by atoms with Gasteiger partial charge in [-0.2, -0.15) is 0 Å². The molecule has 1 saturated heterocycles. The van der Waals surface area contributed by atoms with Crippen molar-refractivity contribution in [1.82, 2.24) is 0 Å². The molecule has 4 nitrogen and oxygen atoms in total. The molecule has 0 saturated carbocycles. The second kappa shape index (κ2) is 6.45. The second-order valence-electron chi connectivity index (χ2n) is 7.09. The number of fused-ring (bicyclic) bond motifs is 1. The number of allylic oxidation sites excluding steroid dienone is 2. The average Bonchev–Trinajstić information content (AvgIpc) is 2.86. The number of ether oxygens (including phenoxy) is 1. The average molecular weight is 347 g/mol. The highest BCUT2D eigenvalue weighted by Crippen LogP contribution is 2.38. The van der Waals surface area contributed by atoms with Crippen LogP contribution in [-0.4, -0.2) is 11.8 Å². The van der Waals surface area contributed by atoms with E-state index in [-0.39, 0.29) is 23.7 Å². The van der Waals surface area contributed by atoms with Gasteiger partial charge in [0.2, 0.25) is 11.8 Å². The molecule has 0 radical (unpaired) electrons. The Kier molecular flexibility index (Phi) is 4.11. The fourth-order valence-electron chi connectivity index (χ4n) is 3.85. The molecule has 0 unspecified atom stereocenters. The maximum Gasteiger partial charge on any atom is 0.238 e. The van der Waals surface area contributed by atoms with E-state index >= 15 is 0 Å². The zero-order valence-corrected chi connectivity index (χ0v) is 14.9. The molecule has 4 heteroatoms. The molecule has 2 amide bonds. The van der Waals surface area contributed by atoms with Gasteiger partial charge in [0.05, 0.1) is 17.5 Å². The van der Waals surface area contributed by atoms with Crippen molar-refractivity contribution in [2.24, 2.45) is 11.8 Å². The lowest BCUT2D eigenvalue weighted by atomic mass is 9.85. The predicted octanol–water partition coefficient (Wildman–Crippen LogP) is 4.55. The molecule has 2 aromatic rings. The van der Waals surface area contributed by atoms with E-state index < -0.39 is 0 Å². The molecule has 1 aliphatic heterocycles. The molecule has 0 N–H and O–H groups in total. The van der Waals surface area contributed by atoms with Gasteiger partial charge in [0.1, 0.15) is 11.5 Å². The maximum atomic E-state index is 12.6. The van der Waals surface area contributed by atoms with E-state index in [4.69, 9.17) is 4.74 Å². The van der Waals surface area contributed by atoms with E-state index in [1.165, 1.54) is 4.90 Å². The lowest BCUT2D eigenvalue weighted by molar-refractivity contribution is -0.122. The molecule has 1 fully saturated rings. The Morgan fingerprint density at radius 1 is 0.808 bits per heavy atom. The number of aryl methyl sites for hydroxylation is 2. The summed E-state index contributed by atoms with van der Waals surface area (Å²) in [5, 5.41) is 0. The highest BCUT2D eigenvalue weighted by molar-refractivity contribution is 6.22. The molecule has 1 heterocycles. The van der Waals surface area contributed by atoms with E-state index in [0.717, 1.165) is 16.9 Å². The number of rotatable bonds is 3. The van der Waals surface area contributed by atoms with Gasteiger partial charge in [-0.1, -0.05) is 18.2 Å². The fraction of sp³-hybridized carbons (Fsp3) is 0.273. The number of hydrogen-bond donors (Lipinski definition) is 0. The highest BCUT2D eigenvalue weighted by Gasteiger charge is 2.47. The Morgan fingerprint density at radius 2 is 1.35 bits per heavy atom. The van der Waals surface area contributed by atoms with Gasteiger partial charge in [0.25, 0.3) is 0 Å². The van der Waals surface area contributed by atoms with Gasteiger partial charge in [-0.3, -0.25) is 14.5 Å². The highest BCUT2D eigenvalue weighted by atomic mass is 16.5. The van der Waals surface area contributed by atoms with Gasteiger partial charge in [-0.15, -0.1) is 0 Å². The minimum absolute atomic E-state index is 0.0904. The summed E-state index contributed by atoms with van der Waals surface area (Å²) in [6, 6.07) is 13.2. The van der Waals surface area contributed by atoms with Crippen LogP contribution in [0.15, 0.2) is 54.6 Å². The first kappa shape index (κ1) is 16.6. The van der Waals surface area contributed by atoms with Crippen molar-refractivity contribution in [2.45, 2.75) is 26.7 Å². The van der Waals surface area contributed by atoms with E-state index in [2.05, 4.69) is 6.07 Å². The summed E-state index contributed by atoms with van der Waals surface area (Å²) in [6.45, 7) is 4.06. The summed E-state index contributed by atoms with van der Waals surface area (Å²) < 4.78 is 5.91. The van der Waals surface area contributed by atoms with Gasteiger partial charge < -0.3 is 4.74 Å². The van der Waals surface area contributed by atoms with Crippen LogP contribution in [0.5, 0.6) is 11.5 Å². The lowest BCUT2D eigenvalue weighted by Gasteiger charge is -2.15. The molecule has 2 aliphatic rings. The van der Waals surface area contributed by atoms with Crippen LogP contribution in [0.4, 0.5) is 5.69 Å². The predicted molar refractivity (Wildman–Crippen MR) is 100 cm³/mol. The molecule has 26 heavy (non-hydrogen) atoms. The standard InChI is InChI=1S/C22H21NO3/c1-14-11-15(2)13-18(12-14)26-17-9-7-16(8-10-17)23-21(24)19-5-3-4-6-20(19)22(23)25/h3-4,7-13,19-20H,5-6H2,1-2H3/t19-,20-/m1/s1. The summed E-state index contributed by atoms with van der Waals surface area (Å²) in [4.78, 5) is 26.6. The van der Waals surface area contributed by atoms with E-state index in [9.17, 15) is 9.59 Å². The minimum Gasteiger partial charge on any atom is -0.457 e. The quantitative estimate of drug-likeness (QED) is 0.604. The van der Waals surface area contributed by atoms with Gasteiger partial charge in [-0.25, -0.2) is 0 Å². The third kappa shape index (κ3) is 2.92. The van der Waals surface area contributed by atoms with Crippen LogP contribution in [0, 0.1) is 25.7 Å². The smallest absolute Gasteiger partial charge is 0.238 e. The Bertz CT molecular complexity index is 852. The van der Waals surface area contributed by atoms with Crippen molar-refractivity contribution < 1.29 is 14.3 Å². The summed E-state index contributed by atoms with van der Waals surface area (Å²) >= 11 is 0. The van der Waals surface area contributed by atoms with Gasteiger partial charge in [0.15, 0.2) is 0 Å². The zero-order valence-electron chi connectivity index (χ0n) is 14.9. The van der Waals surface area contributed by atoms with Crippen LogP contribution >= 0.6 is 0 Å². The number of amides is 2. The van der Waals surface area contributed by atoms with E-state index in [0.29, 0.717) is 24.3 Å². The summed E-state index contributed by atoms with van der Waals surface area (Å²) in [6.07, 6.45) is 5.30. The Morgan fingerprint density at radius 3 is 1.88 bits per heavy atom. The zero-order chi connectivity index (χ0) is 18.3. The van der Waals surface area contributed by atoms with Crippen LogP contribution in [0.3, 0.4) is 0 Å². The van der Waals surface area contributed by atoms with Crippen molar-refractivity contribution in [3.63, 3.8) is 0 Å². The Labute approximate surface area is 153 Å². The second-order valence-corrected chi connectivity index (χ2v) is 7.09. The largest absolute Gasteiger partial charge is 0.457 e. The third-order valence-electron chi connectivity index (χ3n) is 5.03. The van der Waals surface area contributed by atoms with Crippen LogP contribution in [0.25, 0.3) is 0 Å². The number of benzene rings is 2. The minimum atomic E-state index is -0.210. The number of carbonyl (C=O) groups excluding carboxylic acids is 2. The first-order valence-electron chi connectivity index (χ1n) is 8.92. The molecule has 0 bridgehead atoms. The topological polar surface area (TPSA) is 46.6 Å². The number of hydrogen-bond acceptors (Lipinski definition) is 3. The molecule has 0 spiro atoms. The maximum absolute atomic E-state index is 12.6. The first-order chi connectivity index (χ1) is 12.5. The lowest BCUT2D eigenvalue weighted by Crippen LogP contribution is -2.30. The fourth-order valence-corrected chi connectivity index (χ4v) is 3.85. The van der Waals surface area contributed by atoms with Crippen LogP contribution in [-0.2, 0) is 9.59 Å². The van der Waals surface area contributed by atoms with Crippen molar-refractivity contribution >= 4 is 17.5 Å². The van der Waals surface area contributed by atoms with Crippen molar-refractivity contribution in [3.8, 4) is 11.5 Å². The van der Waals surface area contributed by atoms with Crippen molar-refractivity contribution in [1.29, 1.82) is 0 Å².